The van der Waals surface area contributed by atoms with Crippen molar-refractivity contribution in [1.82, 2.24) is 0 Å². The summed E-state index contributed by atoms with van der Waals surface area (Å²) in [6.07, 6.45) is 1.60. The maximum absolute atomic E-state index is 11.1. The van der Waals surface area contributed by atoms with Crippen LogP contribution in [0.4, 0.5) is 0 Å². The van der Waals surface area contributed by atoms with Crippen molar-refractivity contribution in [3.05, 3.63) is 0 Å². The molecule has 4 nitrogen and oxygen atoms in total. The highest BCUT2D eigenvalue weighted by molar-refractivity contribution is 6.29. The summed E-state index contributed by atoms with van der Waals surface area (Å²) in [6.45, 7) is 4.27. The quantitative estimate of drug-likeness (QED) is 0.444. The highest BCUT2D eigenvalue weighted by Gasteiger charge is 2.09. The van der Waals surface area contributed by atoms with Crippen molar-refractivity contribution in [3.63, 3.8) is 0 Å². The van der Waals surface area contributed by atoms with E-state index in [0.717, 1.165) is 12.6 Å². The second kappa shape index (κ2) is 6.79. The zero-order chi connectivity index (χ0) is 9.40. The number of carbonyl (C=O) groups is 1. The molecular weight excluding hydrogens is 158 g/mol. The Labute approximate surface area is 72.5 Å². The van der Waals surface area contributed by atoms with E-state index in [0.29, 0.717) is 6.61 Å². The molecule has 70 valence electrons. The summed E-state index contributed by atoms with van der Waals surface area (Å²) in [4.78, 5) is 15.4. The average molecular weight is 173 g/mol. The van der Waals surface area contributed by atoms with Gasteiger partial charge in [-0.05, 0) is 13.3 Å². The Balaban J connectivity index is 3.68. The molecule has 0 aromatic heterocycles. The fourth-order valence-corrected chi connectivity index (χ4v) is 0.586. The molecule has 0 aliphatic rings. The molecule has 12 heavy (non-hydrogen) atoms. The van der Waals surface area contributed by atoms with Crippen LogP contribution in [0.1, 0.15) is 20.3 Å². The number of rotatable bonds is 6. The topological polar surface area (TPSA) is 47.9 Å². The molecule has 0 heterocycles. The smallest absolute Gasteiger partial charge is 0.205 e. The lowest BCUT2D eigenvalue weighted by Gasteiger charge is -2.07. The van der Waals surface area contributed by atoms with Crippen molar-refractivity contribution in [3.8, 4) is 0 Å². The summed E-state index contributed by atoms with van der Waals surface area (Å²) in [6, 6.07) is 0. The van der Waals surface area contributed by atoms with Crippen molar-refractivity contribution in [2.45, 2.75) is 26.4 Å². The van der Waals surface area contributed by atoms with Crippen molar-refractivity contribution >= 4 is 12.0 Å². The zero-order valence-corrected chi connectivity index (χ0v) is 7.74. The number of ketones is 1. The standard InChI is InChI=1S/C8H15NO3/c1-4-5-12-7(2)8(10)6-9-11-3/h6-7H,4-5H2,1-3H3. The minimum atomic E-state index is -0.427. The minimum absolute atomic E-state index is 0.176. The van der Waals surface area contributed by atoms with Gasteiger partial charge < -0.3 is 9.57 Å². The van der Waals surface area contributed by atoms with Crippen LogP contribution in [0.5, 0.6) is 0 Å². The van der Waals surface area contributed by atoms with Crippen molar-refractivity contribution < 1.29 is 14.4 Å². The van der Waals surface area contributed by atoms with Gasteiger partial charge in [-0.2, -0.15) is 0 Å². The molecule has 0 N–H and O–H groups in total. The van der Waals surface area contributed by atoms with Crippen molar-refractivity contribution in [1.29, 1.82) is 0 Å². The Morgan fingerprint density at radius 1 is 1.67 bits per heavy atom. The number of oxime groups is 1. The third-order valence-corrected chi connectivity index (χ3v) is 1.26. The number of hydrogen-bond acceptors (Lipinski definition) is 4. The summed E-state index contributed by atoms with van der Waals surface area (Å²) in [5.74, 6) is -0.176. The number of carbonyl (C=O) groups excluding carboxylic acids is 1. The van der Waals surface area contributed by atoms with Crippen LogP contribution in [0.2, 0.25) is 0 Å². The second-order valence-electron chi connectivity index (χ2n) is 2.33. The first-order valence-corrected chi connectivity index (χ1v) is 3.94. The van der Waals surface area contributed by atoms with E-state index in [4.69, 9.17) is 4.74 Å². The molecule has 4 heteroatoms. The van der Waals surface area contributed by atoms with Gasteiger partial charge in [0.05, 0.1) is 0 Å². The van der Waals surface area contributed by atoms with Crippen molar-refractivity contribution in [2.24, 2.45) is 5.16 Å². The summed E-state index contributed by atoms with van der Waals surface area (Å²) in [5, 5.41) is 3.35. The monoisotopic (exact) mass is 173 g/mol. The normalized spacial score (nSPS) is 13.2. The molecule has 0 aromatic rings. The van der Waals surface area contributed by atoms with Crippen LogP contribution in [0.25, 0.3) is 0 Å². The SMILES string of the molecule is CCCOC(C)C(=O)C=NOC. The van der Waals surface area contributed by atoms with Gasteiger partial charge in [0.2, 0.25) is 5.78 Å². The number of Topliss-reactive ketones (excluding diaryl/α,β-unsaturated/α-hetero) is 1. The van der Waals surface area contributed by atoms with E-state index in [2.05, 4.69) is 9.99 Å². The van der Waals surface area contributed by atoms with E-state index in [1.165, 1.54) is 7.11 Å². The van der Waals surface area contributed by atoms with Crippen LogP contribution in [0, 0.1) is 0 Å². The Morgan fingerprint density at radius 3 is 2.83 bits per heavy atom. The lowest BCUT2D eigenvalue weighted by Crippen LogP contribution is -2.22. The third kappa shape index (κ3) is 4.85. The fourth-order valence-electron chi connectivity index (χ4n) is 0.586. The van der Waals surface area contributed by atoms with Crippen LogP contribution in [-0.4, -0.2) is 31.8 Å². The summed E-state index contributed by atoms with van der Waals surface area (Å²) >= 11 is 0. The molecule has 0 saturated heterocycles. The highest BCUT2D eigenvalue weighted by Crippen LogP contribution is 1.92. The molecule has 0 amide bonds. The first kappa shape index (κ1) is 11.1. The maximum atomic E-state index is 11.1. The van der Waals surface area contributed by atoms with Crippen molar-refractivity contribution in [2.75, 3.05) is 13.7 Å². The predicted molar refractivity (Wildman–Crippen MR) is 46.2 cm³/mol. The second-order valence-corrected chi connectivity index (χ2v) is 2.33. The molecule has 0 radical (unpaired) electrons. The molecule has 1 atom stereocenters. The van der Waals surface area contributed by atoms with Crippen LogP contribution >= 0.6 is 0 Å². The van der Waals surface area contributed by atoms with Crippen LogP contribution in [0.15, 0.2) is 5.16 Å². The number of hydrogen-bond donors (Lipinski definition) is 0. The van der Waals surface area contributed by atoms with Gasteiger partial charge in [0.15, 0.2) is 0 Å². The average Bonchev–Trinajstić information content (AvgIpc) is 2.10. The molecular formula is C8H15NO3. The molecule has 1 unspecified atom stereocenters. The lowest BCUT2D eigenvalue weighted by molar-refractivity contribution is -0.122. The number of ether oxygens (including phenoxy) is 1. The summed E-state index contributed by atoms with van der Waals surface area (Å²) in [7, 11) is 1.39. The van der Waals surface area contributed by atoms with E-state index >= 15 is 0 Å². The largest absolute Gasteiger partial charge is 0.399 e. The summed E-state index contributed by atoms with van der Waals surface area (Å²) < 4.78 is 5.15. The Bertz CT molecular complexity index is 156. The van der Waals surface area contributed by atoms with Gasteiger partial charge in [-0.3, -0.25) is 4.79 Å². The molecule has 0 aliphatic heterocycles. The summed E-state index contributed by atoms with van der Waals surface area (Å²) in [5.41, 5.74) is 0. The van der Waals surface area contributed by atoms with Gasteiger partial charge in [0.25, 0.3) is 0 Å². The molecule has 0 spiro atoms. The zero-order valence-electron chi connectivity index (χ0n) is 7.74. The van der Waals surface area contributed by atoms with Crippen LogP contribution < -0.4 is 0 Å². The van der Waals surface area contributed by atoms with Gasteiger partial charge in [-0.25, -0.2) is 0 Å². The highest BCUT2D eigenvalue weighted by atomic mass is 16.6. The van der Waals surface area contributed by atoms with Gasteiger partial charge >= 0.3 is 0 Å². The first-order valence-electron chi connectivity index (χ1n) is 3.94. The predicted octanol–water partition coefficient (Wildman–Crippen LogP) is 1.00. The Kier molecular flexibility index (Phi) is 6.28. The van der Waals surface area contributed by atoms with E-state index in [9.17, 15) is 4.79 Å². The van der Waals surface area contributed by atoms with Gasteiger partial charge in [0, 0.05) is 6.61 Å². The van der Waals surface area contributed by atoms with Crippen LogP contribution in [-0.2, 0) is 14.4 Å². The minimum Gasteiger partial charge on any atom is -0.399 e. The Morgan fingerprint density at radius 2 is 2.33 bits per heavy atom. The van der Waals surface area contributed by atoms with E-state index in [-0.39, 0.29) is 5.78 Å². The molecule has 0 aromatic carbocycles. The molecule has 0 aliphatic carbocycles. The third-order valence-electron chi connectivity index (χ3n) is 1.26. The van der Waals surface area contributed by atoms with Crippen LogP contribution in [0.3, 0.4) is 0 Å². The molecule has 0 rings (SSSR count). The Hall–Kier alpha value is -0.900. The van der Waals surface area contributed by atoms with Gasteiger partial charge in [-0.1, -0.05) is 12.1 Å². The van der Waals surface area contributed by atoms with Gasteiger partial charge in [-0.15, -0.1) is 0 Å². The van der Waals surface area contributed by atoms with E-state index in [1.807, 2.05) is 6.92 Å². The van der Waals surface area contributed by atoms with Gasteiger partial charge in [0.1, 0.15) is 19.4 Å². The lowest BCUT2D eigenvalue weighted by atomic mass is 10.3. The molecule has 0 fully saturated rings. The maximum Gasteiger partial charge on any atom is 0.205 e. The first-order chi connectivity index (χ1) is 5.72. The molecule has 0 saturated carbocycles. The molecule has 0 bridgehead atoms. The number of nitrogens with zero attached hydrogens (tertiary/aromatic N) is 1. The van der Waals surface area contributed by atoms with E-state index in [1.54, 1.807) is 6.92 Å². The fraction of sp³-hybridized carbons (Fsp3) is 0.750. The van der Waals surface area contributed by atoms with E-state index < -0.39 is 6.10 Å².